The second-order valence-corrected chi connectivity index (χ2v) is 9.25. The number of ether oxygens (including phenoxy) is 4. The van der Waals surface area contributed by atoms with Crippen molar-refractivity contribution < 1.29 is 29.0 Å². The molecule has 6 fully saturated rings. The molecule has 11 unspecified atom stereocenters. The Balaban J connectivity index is 1.24. The maximum absolute atomic E-state index is 11.2. The molecule has 0 amide bonds. The van der Waals surface area contributed by atoms with Crippen molar-refractivity contribution in [2.24, 2.45) is 23.7 Å². The highest BCUT2D eigenvalue weighted by atomic mass is 16.7. The quantitative estimate of drug-likeness (QED) is 0.638. The smallest absolute Gasteiger partial charge is 0.192 e. The van der Waals surface area contributed by atoms with Crippen molar-refractivity contribution in [2.45, 2.75) is 75.2 Å². The van der Waals surface area contributed by atoms with Gasteiger partial charge in [-0.25, -0.2) is 0 Å². The van der Waals surface area contributed by atoms with Crippen LogP contribution in [-0.4, -0.2) is 61.9 Å². The molecule has 11 atom stereocenters. The summed E-state index contributed by atoms with van der Waals surface area (Å²) in [7, 11) is 0. The molecule has 2 saturated carbocycles. The third-order valence-corrected chi connectivity index (χ3v) is 8.39. The van der Waals surface area contributed by atoms with Gasteiger partial charge in [-0.1, -0.05) is 0 Å². The van der Waals surface area contributed by atoms with Crippen molar-refractivity contribution in [1.82, 2.24) is 0 Å². The van der Waals surface area contributed by atoms with Crippen LogP contribution >= 0.6 is 0 Å². The Bertz CT molecular complexity index is 532. The van der Waals surface area contributed by atoms with E-state index in [4.69, 9.17) is 18.9 Å². The van der Waals surface area contributed by atoms with Crippen molar-refractivity contribution in [1.29, 1.82) is 0 Å². The van der Waals surface area contributed by atoms with Gasteiger partial charge in [0.2, 0.25) is 0 Å². The summed E-state index contributed by atoms with van der Waals surface area (Å²) in [6, 6.07) is 0.582. The molecular weight excluding hydrogens is 322 g/mol. The Morgan fingerprint density at radius 3 is 2.00 bits per heavy atom. The maximum Gasteiger partial charge on any atom is 0.192 e. The molecule has 0 aromatic heterocycles. The molecular formula is C19H30NO5+. The van der Waals surface area contributed by atoms with Gasteiger partial charge in [0.15, 0.2) is 6.23 Å². The third kappa shape index (κ3) is 2.38. The van der Waals surface area contributed by atoms with Crippen molar-refractivity contribution >= 4 is 0 Å². The second-order valence-electron chi connectivity index (χ2n) is 9.25. The van der Waals surface area contributed by atoms with Crippen LogP contribution in [-0.2, 0) is 18.9 Å². The number of aliphatic hydroxyl groups is 1. The van der Waals surface area contributed by atoms with Crippen molar-refractivity contribution in [3.63, 3.8) is 0 Å². The summed E-state index contributed by atoms with van der Waals surface area (Å²) < 4.78 is 23.2. The van der Waals surface area contributed by atoms with E-state index in [0.717, 1.165) is 38.1 Å². The van der Waals surface area contributed by atoms with E-state index >= 15 is 0 Å². The molecule has 0 bridgehead atoms. The number of aliphatic hydroxyl groups excluding tert-OH is 1. The van der Waals surface area contributed by atoms with Gasteiger partial charge < -0.3 is 29.0 Å². The lowest BCUT2D eigenvalue weighted by Crippen LogP contribution is -3.23. The Hall–Kier alpha value is -0.240. The summed E-state index contributed by atoms with van der Waals surface area (Å²) in [5.74, 6) is 2.40. The van der Waals surface area contributed by atoms with E-state index in [-0.39, 0.29) is 24.5 Å². The van der Waals surface area contributed by atoms with Crippen LogP contribution in [0.1, 0.15) is 38.5 Å². The highest BCUT2D eigenvalue weighted by Crippen LogP contribution is 2.46. The van der Waals surface area contributed by atoms with Gasteiger partial charge in [0.25, 0.3) is 0 Å². The molecule has 0 aromatic rings. The molecule has 140 valence electrons. The number of hydrogen-bond acceptors (Lipinski definition) is 5. The zero-order valence-corrected chi connectivity index (χ0v) is 14.7. The number of fused-ring (bicyclic) bond motifs is 6. The first-order valence-electron chi connectivity index (χ1n) is 10.3. The van der Waals surface area contributed by atoms with Crippen molar-refractivity contribution in [3.8, 4) is 0 Å². The maximum atomic E-state index is 11.2. The molecule has 4 saturated heterocycles. The Kier molecular flexibility index (Phi) is 3.71. The SMILES string of the molecule is OC1C2CC3OCOC3CC2CC2C3CC4OCOC4CC3CC[NH+]12. The van der Waals surface area contributed by atoms with E-state index in [9.17, 15) is 5.11 Å². The van der Waals surface area contributed by atoms with Gasteiger partial charge in [0.05, 0.1) is 37.0 Å². The van der Waals surface area contributed by atoms with Crippen LogP contribution in [0.15, 0.2) is 0 Å². The van der Waals surface area contributed by atoms with E-state index < -0.39 is 0 Å². The molecule has 2 aliphatic carbocycles. The largest absolute Gasteiger partial charge is 0.349 e. The normalized spacial score (nSPS) is 60.1. The highest BCUT2D eigenvalue weighted by Gasteiger charge is 2.57. The van der Waals surface area contributed by atoms with Gasteiger partial charge in [0.1, 0.15) is 13.6 Å². The minimum atomic E-state index is -0.228. The first kappa shape index (κ1) is 15.8. The fourth-order valence-corrected chi connectivity index (χ4v) is 7.19. The van der Waals surface area contributed by atoms with E-state index in [0.29, 0.717) is 43.5 Å². The lowest BCUT2D eigenvalue weighted by molar-refractivity contribution is -0.992. The summed E-state index contributed by atoms with van der Waals surface area (Å²) in [4.78, 5) is 1.46. The van der Waals surface area contributed by atoms with Gasteiger partial charge in [-0.2, -0.15) is 0 Å². The number of rotatable bonds is 0. The molecule has 6 heteroatoms. The lowest BCUT2D eigenvalue weighted by atomic mass is 9.62. The number of piperidine rings is 2. The first-order chi connectivity index (χ1) is 12.3. The van der Waals surface area contributed by atoms with Crippen molar-refractivity contribution in [2.75, 3.05) is 20.1 Å². The van der Waals surface area contributed by atoms with E-state index in [1.54, 1.807) is 0 Å². The predicted octanol–water partition coefficient (Wildman–Crippen LogP) is -0.0989. The van der Waals surface area contributed by atoms with Crippen LogP contribution in [0.5, 0.6) is 0 Å². The molecule has 6 rings (SSSR count). The summed E-state index contributed by atoms with van der Waals surface area (Å²) >= 11 is 0. The second kappa shape index (κ2) is 5.88. The van der Waals surface area contributed by atoms with Crippen molar-refractivity contribution in [3.05, 3.63) is 0 Å². The zero-order chi connectivity index (χ0) is 16.5. The van der Waals surface area contributed by atoms with Crippen LogP contribution < -0.4 is 4.90 Å². The fraction of sp³-hybridized carbons (Fsp3) is 1.00. The monoisotopic (exact) mass is 352 g/mol. The summed E-state index contributed by atoms with van der Waals surface area (Å²) in [6.07, 6.45) is 7.65. The molecule has 0 aromatic carbocycles. The third-order valence-electron chi connectivity index (χ3n) is 8.39. The van der Waals surface area contributed by atoms with Gasteiger partial charge >= 0.3 is 0 Å². The van der Waals surface area contributed by atoms with E-state index in [1.165, 1.54) is 17.7 Å². The highest BCUT2D eigenvalue weighted by molar-refractivity contribution is 4.98. The standard InChI is InChI=1S/C19H29NO5/c21-19-13-7-18-16(23-9-25-18)5-11(13)3-14-12-6-17-15(22-8-24-17)4-10(12)1-2-20(14)19/h10-19,21H,1-9H2/p+1. The summed E-state index contributed by atoms with van der Waals surface area (Å²) in [5.41, 5.74) is 0. The number of nitrogens with one attached hydrogen (secondary N) is 1. The Morgan fingerprint density at radius 2 is 1.28 bits per heavy atom. The van der Waals surface area contributed by atoms with E-state index in [2.05, 4.69) is 0 Å². The predicted molar refractivity (Wildman–Crippen MR) is 86.5 cm³/mol. The van der Waals surface area contributed by atoms with Crippen LogP contribution in [0, 0.1) is 23.7 Å². The minimum absolute atomic E-state index is 0.212. The molecule has 4 aliphatic heterocycles. The summed E-state index contributed by atoms with van der Waals surface area (Å²) in [5, 5.41) is 11.2. The first-order valence-corrected chi connectivity index (χ1v) is 10.3. The van der Waals surface area contributed by atoms with Gasteiger partial charge in [-0.05, 0) is 37.5 Å². The van der Waals surface area contributed by atoms with Gasteiger partial charge in [-0.3, -0.25) is 0 Å². The molecule has 0 radical (unpaired) electrons. The average Bonchev–Trinajstić information content (AvgIpc) is 3.26. The number of quaternary nitrogens is 1. The van der Waals surface area contributed by atoms with Gasteiger partial charge in [-0.15, -0.1) is 0 Å². The molecule has 0 spiro atoms. The Labute approximate surface area is 148 Å². The zero-order valence-electron chi connectivity index (χ0n) is 14.7. The lowest BCUT2D eigenvalue weighted by Gasteiger charge is -2.55. The van der Waals surface area contributed by atoms with Gasteiger partial charge in [0, 0.05) is 24.7 Å². The van der Waals surface area contributed by atoms with Crippen LogP contribution in [0.4, 0.5) is 0 Å². The van der Waals surface area contributed by atoms with Crippen LogP contribution in [0.25, 0.3) is 0 Å². The summed E-state index contributed by atoms with van der Waals surface area (Å²) in [6.45, 7) is 2.03. The average molecular weight is 352 g/mol. The fourth-order valence-electron chi connectivity index (χ4n) is 7.19. The topological polar surface area (TPSA) is 61.6 Å². The van der Waals surface area contributed by atoms with E-state index in [1.807, 2.05) is 0 Å². The van der Waals surface area contributed by atoms with Crippen LogP contribution in [0.3, 0.4) is 0 Å². The van der Waals surface area contributed by atoms with Crippen LogP contribution in [0.2, 0.25) is 0 Å². The Morgan fingerprint density at radius 1 is 0.680 bits per heavy atom. The number of hydrogen-bond donors (Lipinski definition) is 2. The minimum Gasteiger partial charge on any atom is -0.349 e. The molecule has 6 aliphatic rings. The molecule has 6 nitrogen and oxygen atoms in total. The molecule has 25 heavy (non-hydrogen) atoms. The molecule has 4 heterocycles. The molecule has 2 N–H and O–H groups in total.